The van der Waals surface area contributed by atoms with E-state index in [0.29, 0.717) is 6.42 Å². The summed E-state index contributed by atoms with van der Waals surface area (Å²) in [5.41, 5.74) is 5.47. The highest BCUT2D eigenvalue weighted by atomic mass is 16.2. The molecule has 0 heterocycles. The Morgan fingerprint density at radius 3 is 2.62 bits per heavy atom. The molecule has 1 rings (SSSR count). The summed E-state index contributed by atoms with van der Waals surface area (Å²) in [7, 11) is 0. The van der Waals surface area contributed by atoms with Gasteiger partial charge in [0.25, 0.3) is 5.91 Å². The number of amides is 1. The van der Waals surface area contributed by atoms with Crippen LogP contribution in [0.1, 0.15) is 24.5 Å². The van der Waals surface area contributed by atoms with Crippen molar-refractivity contribution >= 4 is 11.6 Å². The van der Waals surface area contributed by atoms with Gasteiger partial charge in [0.1, 0.15) is 6.04 Å². The van der Waals surface area contributed by atoms with Gasteiger partial charge in [0, 0.05) is 5.69 Å². The molecule has 0 saturated carbocycles. The molecule has 4 heteroatoms. The number of nitrogens with one attached hydrogen (secondary N) is 2. The Kier molecular flexibility index (Phi) is 4.31. The molecule has 1 aromatic carbocycles. The minimum absolute atomic E-state index is 0.192. The number of aryl methyl sites for hydroxylation is 2. The summed E-state index contributed by atoms with van der Waals surface area (Å²) in [5.74, 6) is 4.93. The molecular formula is C12H19N3O. The molecule has 0 aliphatic carbocycles. The van der Waals surface area contributed by atoms with E-state index in [1.807, 2.05) is 32.9 Å². The first-order valence-electron chi connectivity index (χ1n) is 5.42. The minimum atomic E-state index is -0.286. The number of rotatable bonds is 4. The molecule has 0 bridgehead atoms. The van der Waals surface area contributed by atoms with Gasteiger partial charge in [-0.3, -0.25) is 10.2 Å². The first-order chi connectivity index (χ1) is 7.58. The molecule has 4 nitrogen and oxygen atoms in total. The minimum Gasteiger partial charge on any atom is -0.373 e. The second kappa shape index (κ2) is 5.51. The number of carbonyl (C=O) groups excluding carboxylic acids is 1. The monoisotopic (exact) mass is 221 g/mol. The first-order valence-corrected chi connectivity index (χ1v) is 5.42. The van der Waals surface area contributed by atoms with Crippen LogP contribution in [-0.4, -0.2) is 11.9 Å². The van der Waals surface area contributed by atoms with E-state index < -0.39 is 0 Å². The highest BCUT2D eigenvalue weighted by Crippen LogP contribution is 2.17. The molecule has 1 aromatic rings. The number of nitrogens with two attached hydrogens (primary N) is 1. The van der Waals surface area contributed by atoms with Crippen LogP contribution in [0.25, 0.3) is 0 Å². The largest absolute Gasteiger partial charge is 0.373 e. The number of carbonyl (C=O) groups is 1. The van der Waals surface area contributed by atoms with E-state index in [1.165, 1.54) is 5.56 Å². The molecule has 0 aliphatic rings. The number of hydrogen-bond acceptors (Lipinski definition) is 3. The van der Waals surface area contributed by atoms with Crippen molar-refractivity contribution < 1.29 is 4.79 Å². The van der Waals surface area contributed by atoms with Crippen LogP contribution in [0.3, 0.4) is 0 Å². The molecule has 0 aliphatic heterocycles. The van der Waals surface area contributed by atoms with Crippen molar-refractivity contribution in [2.24, 2.45) is 5.84 Å². The van der Waals surface area contributed by atoms with Gasteiger partial charge in [-0.2, -0.15) is 0 Å². The first kappa shape index (κ1) is 12.5. The summed E-state index contributed by atoms with van der Waals surface area (Å²) in [4.78, 5) is 11.4. The average molecular weight is 221 g/mol. The lowest BCUT2D eigenvalue weighted by molar-refractivity contribution is -0.121. The molecule has 1 amide bonds. The summed E-state index contributed by atoms with van der Waals surface area (Å²) < 4.78 is 0. The summed E-state index contributed by atoms with van der Waals surface area (Å²) in [6.45, 7) is 6.00. The molecule has 0 radical (unpaired) electrons. The van der Waals surface area contributed by atoms with Crippen LogP contribution < -0.4 is 16.6 Å². The van der Waals surface area contributed by atoms with E-state index in [2.05, 4.69) is 16.8 Å². The third kappa shape index (κ3) is 2.97. The van der Waals surface area contributed by atoms with Gasteiger partial charge in [0.15, 0.2) is 0 Å². The summed E-state index contributed by atoms with van der Waals surface area (Å²) in [6.07, 6.45) is 0.691. The number of hydrazine groups is 1. The molecule has 0 fully saturated rings. The van der Waals surface area contributed by atoms with Crippen LogP contribution >= 0.6 is 0 Å². The van der Waals surface area contributed by atoms with Gasteiger partial charge in [-0.05, 0) is 31.9 Å². The van der Waals surface area contributed by atoms with Crippen LogP contribution in [0.4, 0.5) is 5.69 Å². The molecule has 0 saturated heterocycles. The Hall–Kier alpha value is -1.55. The molecule has 0 spiro atoms. The fourth-order valence-electron chi connectivity index (χ4n) is 1.62. The number of benzene rings is 1. The van der Waals surface area contributed by atoms with Crippen molar-refractivity contribution in [2.45, 2.75) is 33.2 Å². The van der Waals surface area contributed by atoms with E-state index in [-0.39, 0.29) is 11.9 Å². The summed E-state index contributed by atoms with van der Waals surface area (Å²) in [6, 6.07) is 5.79. The van der Waals surface area contributed by atoms with Crippen LogP contribution in [0.5, 0.6) is 0 Å². The van der Waals surface area contributed by atoms with Crippen molar-refractivity contribution in [2.75, 3.05) is 5.32 Å². The molecule has 88 valence electrons. The molecule has 1 atom stereocenters. The fraction of sp³-hybridized carbons (Fsp3) is 0.417. The lowest BCUT2D eigenvalue weighted by atomic mass is 10.1. The molecule has 4 N–H and O–H groups in total. The number of anilines is 1. The molecule has 16 heavy (non-hydrogen) atoms. The van der Waals surface area contributed by atoms with E-state index in [1.54, 1.807) is 0 Å². The quantitative estimate of drug-likeness (QED) is 0.410. The Morgan fingerprint density at radius 2 is 2.12 bits per heavy atom. The van der Waals surface area contributed by atoms with Crippen molar-refractivity contribution in [1.29, 1.82) is 0 Å². The van der Waals surface area contributed by atoms with E-state index in [9.17, 15) is 4.79 Å². The molecular weight excluding hydrogens is 202 g/mol. The maximum atomic E-state index is 11.4. The zero-order valence-corrected chi connectivity index (χ0v) is 10.0. The van der Waals surface area contributed by atoms with Gasteiger partial charge in [-0.15, -0.1) is 0 Å². The van der Waals surface area contributed by atoms with Crippen LogP contribution in [0.15, 0.2) is 18.2 Å². The second-order valence-corrected chi connectivity index (χ2v) is 3.93. The van der Waals surface area contributed by atoms with Crippen LogP contribution in [0, 0.1) is 13.8 Å². The van der Waals surface area contributed by atoms with Gasteiger partial charge in [-0.25, -0.2) is 5.84 Å². The van der Waals surface area contributed by atoms with Gasteiger partial charge in [-0.1, -0.05) is 24.6 Å². The standard InChI is InChI=1S/C12H19N3O/c1-4-10(12(16)15-13)14-11-6-5-8(2)7-9(11)3/h5-7,10,14H,4,13H2,1-3H3,(H,15,16)/t10-/m1/s1. The van der Waals surface area contributed by atoms with E-state index in [4.69, 9.17) is 5.84 Å². The maximum absolute atomic E-state index is 11.4. The summed E-state index contributed by atoms with van der Waals surface area (Å²) in [5, 5.41) is 3.18. The topological polar surface area (TPSA) is 67.2 Å². The average Bonchev–Trinajstić information content (AvgIpc) is 2.27. The predicted molar refractivity (Wildman–Crippen MR) is 65.9 cm³/mol. The third-order valence-corrected chi connectivity index (χ3v) is 2.58. The van der Waals surface area contributed by atoms with Gasteiger partial charge in [0.2, 0.25) is 0 Å². The molecule has 0 aromatic heterocycles. The van der Waals surface area contributed by atoms with Gasteiger partial charge in [0.05, 0.1) is 0 Å². The van der Waals surface area contributed by atoms with Crippen LogP contribution in [-0.2, 0) is 4.79 Å². The zero-order chi connectivity index (χ0) is 12.1. The van der Waals surface area contributed by atoms with E-state index in [0.717, 1.165) is 11.3 Å². The second-order valence-electron chi connectivity index (χ2n) is 3.93. The normalized spacial score (nSPS) is 12.0. The lowest BCUT2D eigenvalue weighted by Crippen LogP contribution is -2.42. The lowest BCUT2D eigenvalue weighted by Gasteiger charge is -2.18. The van der Waals surface area contributed by atoms with Crippen molar-refractivity contribution in [3.8, 4) is 0 Å². The fourth-order valence-corrected chi connectivity index (χ4v) is 1.62. The smallest absolute Gasteiger partial charge is 0.256 e. The van der Waals surface area contributed by atoms with Crippen molar-refractivity contribution in [3.05, 3.63) is 29.3 Å². The Bertz CT molecular complexity index is 377. The van der Waals surface area contributed by atoms with Gasteiger partial charge < -0.3 is 5.32 Å². The highest BCUT2D eigenvalue weighted by Gasteiger charge is 2.15. The summed E-state index contributed by atoms with van der Waals surface area (Å²) >= 11 is 0. The Morgan fingerprint density at radius 1 is 1.44 bits per heavy atom. The van der Waals surface area contributed by atoms with E-state index >= 15 is 0 Å². The van der Waals surface area contributed by atoms with Crippen molar-refractivity contribution in [3.63, 3.8) is 0 Å². The molecule has 0 unspecified atom stereocenters. The zero-order valence-electron chi connectivity index (χ0n) is 10.0. The van der Waals surface area contributed by atoms with Gasteiger partial charge >= 0.3 is 0 Å². The Labute approximate surface area is 96.2 Å². The maximum Gasteiger partial charge on any atom is 0.256 e. The predicted octanol–water partition coefficient (Wildman–Crippen LogP) is 1.48. The highest BCUT2D eigenvalue weighted by molar-refractivity contribution is 5.84. The third-order valence-electron chi connectivity index (χ3n) is 2.58. The van der Waals surface area contributed by atoms with Crippen LogP contribution in [0.2, 0.25) is 0 Å². The SMILES string of the molecule is CC[C@@H](Nc1ccc(C)cc1C)C(=O)NN. The Balaban J connectivity index is 2.82. The van der Waals surface area contributed by atoms with Crippen molar-refractivity contribution in [1.82, 2.24) is 5.43 Å². The number of hydrogen-bond donors (Lipinski definition) is 3.